The maximum Gasteiger partial charge on any atom is 0.333 e. The zero-order valence-electron chi connectivity index (χ0n) is 10.6. The molecule has 0 radical (unpaired) electrons. The maximum atomic E-state index is 12.3. The molecule has 1 aromatic rings. The first-order chi connectivity index (χ1) is 8.70. The van der Waals surface area contributed by atoms with E-state index in [1.54, 1.807) is 16.5 Å². The first kappa shape index (κ1) is 13.0. The highest BCUT2D eigenvalue weighted by Gasteiger charge is 2.45. The monoisotopic (exact) mass is 267 g/mol. The van der Waals surface area contributed by atoms with E-state index >= 15 is 0 Å². The van der Waals surface area contributed by atoms with Crippen molar-refractivity contribution in [2.45, 2.75) is 39.2 Å². The summed E-state index contributed by atoms with van der Waals surface area (Å²) in [6, 6.07) is -0.540. The van der Waals surface area contributed by atoms with E-state index in [-0.39, 0.29) is 18.0 Å². The second-order valence-corrected chi connectivity index (χ2v) is 5.14. The molecule has 3 amide bonds. The van der Waals surface area contributed by atoms with Crippen LogP contribution in [0.1, 0.15) is 33.1 Å². The molecule has 0 spiro atoms. The summed E-state index contributed by atoms with van der Waals surface area (Å²) in [4.78, 5) is 31.6. The number of anilines is 1. The lowest BCUT2D eigenvalue weighted by molar-refractivity contribution is -0.119. The predicted octanol–water partition coefficient (Wildman–Crippen LogP) is 2.49. The first-order valence-corrected chi connectivity index (χ1v) is 7.12. The Bertz CT molecular complexity index is 409. The number of rotatable bonds is 5. The summed E-state index contributed by atoms with van der Waals surface area (Å²) in [6.45, 7) is 4.65. The Balaban J connectivity index is 2.28. The molecule has 18 heavy (non-hydrogen) atoms. The van der Waals surface area contributed by atoms with Crippen molar-refractivity contribution in [2.75, 3.05) is 11.4 Å². The number of nitrogens with zero attached hydrogens (tertiary/aromatic N) is 3. The molecule has 2 heterocycles. The summed E-state index contributed by atoms with van der Waals surface area (Å²) in [5.74, 6) is -0.134. The topological polar surface area (TPSA) is 53.5 Å². The van der Waals surface area contributed by atoms with Crippen molar-refractivity contribution < 1.29 is 9.59 Å². The molecule has 0 bridgehead atoms. The summed E-state index contributed by atoms with van der Waals surface area (Å²) in [6.07, 6.45) is 4.06. The number of carbonyl (C=O) groups is 2. The van der Waals surface area contributed by atoms with Crippen LogP contribution < -0.4 is 4.90 Å². The Morgan fingerprint density at radius 1 is 1.33 bits per heavy atom. The van der Waals surface area contributed by atoms with Crippen molar-refractivity contribution in [3.05, 3.63) is 11.6 Å². The van der Waals surface area contributed by atoms with Gasteiger partial charge in [0.25, 0.3) is 5.91 Å². The molecule has 2 rings (SSSR count). The van der Waals surface area contributed by atoms with E-state index in [2.05, 4.69) is 4.98 Å². The quantitative estimate of drug-likeness (QED) is 0.770. The minimum absolute atomic E-state index is 0.134. The Kier molecular flexibility index (Phi) is 3.96. The van der Waals surface area contributed by atoms with Crippen LogP contribution in [0.2, 0.25) is 0 Å². The van der Waals surface area contributed by atoms with Gasteiger partial charge in [-0.1, -0.05) is 20.3 Å². The zero-order chi connectivity index (χ0) is 13.1. The Labute approximate surface area is 110 Å². The van der Waals surface area contributed by atoms with E-state index in [1.807, 2.05) is 13.8 Å². The van der Waals surface area contributed by atoms with E-state index in [1.165, 1.54) is 16.2 Å². The van der Waals surface area contributed by atoms with Crippen LogP contribution in [0, 0.1) is 0 Å². The van der Waals surface area contributed by atoms with Crippen molar-refractivity contribution in [3.8, 4) is 0 Å². The van der Waals surface area contributed by atoms with Crippen LogP contribution in [-0.4, -0.2) is 34.4 Å². The van der Waals surface area contributed by atoms with Crippen LogP contribution in [-0.2, 0) is 4.79 Å². The summed E-state index contributed by atoms with van der Waals surface area (Å²) in [5.41, 5.74) is 0. The third-order valence-corrected chi connectivity index (χ3v) is 3.71. The molecular formula is C12H17N3O2S. The smallest absolute Gasteiger partial charge is 0.312 e. The third kappa shape index (κ3) is 2.12. The number of aromatic nitrogens is 1. The van der Waals surface area contributed by atoms with Crippen molar-refractivity contribution in [1.29, 1.82) is 0 Å². The summed E-state index contributed by atoms with van der Waals surface area (Å²) in [7, 11) is 0. The molecule has 5 nitrogen and oxygen atoms in total. The minimum atomic E-state index is -0.314. The largest absolute Gasteiger partial charge is 0.333 e. The second-order valence-electron chi connectivity index (χ2n) is 4.27. The number of thiazole rings is 1. The van der Waals surface area contributed by atoms with Crippen LogP contribution in [0.3, 0.4) is 0 Å². The van der Waals surface area contributed by atoms with Gasteiger partial charge >= 0.3 is 6.03 Å². The van der Waals surface area contributed by atoms with Gasteiger partial charge in [0, 0.05) is 18.1 Å². The number of hydrogen-bond donors (Lipinski definition) is 0. The lowest BCUT2D eigenvalue weighted by Gasteiger charge is -2.20. The molecule has 0 aromatic carbocycles. The van der Waals surface area contributed by atoms with Gasteiger partial charge in [-0.2, -0.15) is 0 Å². The van der Waals surface area contributed by atoms with Gasteiger partial charge in [0.2, 0.25) is 5.13 Å². The number of carbonyl (C=O) groups excluding carboxylic acids is 2. The average molecular weight is 267 g/mol. The van der Waals surface area contributed by atoms with Gasteiger partial charge in [0.05, 0.1) is 0 Å². The zero-order valence-corrected chi connectivity index (χ0v) is 11.4. The number of urea groups is 1. The Hall–Kier alpha value is -1.43. The van der Waals surface area contributed by atoms with Crippen molar-refractivity contribution in [2.24, 2.45) is 0 Å². The molecule has 0 N–H and O–H groups in total. The van der Waals surface area contributed by atoms with E-state index in [9.17, 15) is 9.59 Å². The lowest BCUT2D eigenvalue weighted by atomic mass is 10.1. The van der Waals surface area contributed by atoms with Gasteiger partial charge in [0.1, 0.15) is 6.04 Å². The molecule has 0 aliphatic carbocycles. The van der Waals surface area contributed by atoms with Crippen molar-refractivity contribution in [3.63, 3.8) is 0 Å². The fraction of sp³-hybridized carbons (Fsp3) is 0.583. The van der Waals surface area contributed by atoms with Gasteiger partial charge < -0.3 is 4.90 Å². The minimum Gasteiger partial charge on any atom is -0.312 e. The van der Waals surface area contributed by atoms with Gasteiger partial charge in [-0.15, -0.1) is 11.3 Å². The highest BCUT2D eigenvalue weighted by atomic mass is 32.1. The van der Waals surface area contributed by atoms with Gasteiger partial charge in [-0.3, -0.25) is 4.79 Å². The van der Waals surface area contributed by atoms with Crippen molar-refractivity contribution >= 4 is 28.4 Å². The van der Waals surface area contributed by atoms with Crippen LogP contribution in [0.5, 0.6) is 0 Å². The molecule has 1 unspecified atom stereocenters. The SMILES string of the molecule is CCCC1C(=O)N(c2nccs2)C(=O)N1CCC. The molecule has 1 fully saturated rings. The van der Waals surface area contributed by atoms with Gasteiger partial charge in [-0.05, 0) is 12.8 Å². The number of hydrogen-bond acceptors (Lipinski definition) is 4. The standard InChI is InChI=1S/C12H17N3O2S/c1-3-5-9-10(16)15(11-13-6-8-18-11)12(17)14(9)7-4-2/h6,8-9H,3-5,7H2,1-2H3. The highest BCUT2D eigenvalue weighted by molar-refractivity contribution is 7.14. The van der Waals surface area contributed by atoms with Gasteiger partial charge in [-0.25, -0.2) is 14.7 Å². The van der Waals surface area contributed by atoms with Crippen LogP contribution in [0.15, 0.2) is 11.6 Å². The van der Waals surface area contributed by atoms with Gasteiger partial charge in [0.15, 0.2) is 0 Å². The molecule has 6 heteroatoms. The molecule has 1 aliphatic heterocycles. The average Bonchev–Trinajstić information content (AvgIpc) is 2.93. The molecule has 1 atom stereocenters. The highest BCUT2D eigenvalue weighted by Crippen LogP contribution is 2.28. The number of imide groups is 1. The van der Waals surface area contributed by atoms with E-state index < -0.39 is 0 Å². The number of amides is 3. The second kappa shape index (κ2) is 5.48. The summed E-state index contributed by atoms with van der Waals surface area (Å²) >= 11 is 1.31. The fourth-order valence-corrected chi connectivity index (χ4v) is 2.82. The molecular weight excluding hydrogens is 250 g/mol. The fourth-order valence-electron chi connectivity index (χ4n) is 2.19. The van der Waals surface area contributed by atoms with Crippen molar-refractivity contribution in [1.82, 2.24) is 9.88 Å². The molecule has 1 aliphatic rings. The summed E-state index contributed by atoms with van der Waals surface area (Å²) < 4.78 is 0. The Morgan fingerprint density at radius 3 is 2.67 bits per heavy atom. The lowest BCUT2D eigenvalue weighted by Crippen LogP contribution is -2.35. The van der Waals surface area contributed by atoms with E-state index in [0.29, 0.717) is 18.1 Å². The van der Waals surface area contributed by atoms with E-state index in [4.69, 9.17) is 0 Å². The molecule has 1 saturated heterocycles. The third-order valence-electron chi connectivity index (χ3n) is 2.96. The maximum absolute atomic E-state index is 12.3. The molecule has 1 aromatic heterocycles. The predicted molar refractivity (Wildman–Crippen MR) is 70.7 cm³/mol. The normalized spacial score (nSPS) is 20.0. The van der Waals surface area contributed by atoms with E-state index in [0.717, 1.165) is 12.8 Å². The first-order valence-electron chi connectivity index (χ1n) is 6.24. The Morgan fingerprint density at radius 2 is 2.11 bits per heavy atom. The van der Waals surface area contributed by atoms with Crippen LogP contribution in [0.25, 0.3) is 0 Å². The molecule has 0 saturated carbocycles. The molecule has 98 valence electrons. The summed E-state index contributed by atoms with van der Waals surface area (Å²) in [5, 5.41) is 2.25. The van der Waals surface area contributed by atoms with Crippen LogP contribution >= 0.6 is 11.3 Å². The van der Waals surface area contributed by atoms with Crippen LogP contribution in [0.4, 0.5) is 9.93 Å².